The Kier molecular flexibility index (Phi) is 5.11. The summed E-state index contributed by atoms with van der Waals surface area (Å²) in [6.07, 6.45) is 0. The second-order valence-electron chi connectivity index (χ2n) is 4.90. The number of aromatic nitrogens is 2. The number of nitrogens with zero attached hydrogens (tertiary/aromatic N) is 2. The van der Waals surface area contributed by atoms with Gasteiger partial charge in [-0.2, -0.15) is 0 Å². The van der Waals surface area contributed by atoms with Crippen molar-refractivity contribution in [3.05, 3.63) is 41.1 Å². The van der Waals surface area contributed by atoms with Crippen LogP contribution in [-0.4, -0.2) is 36.6 Å². The molecule has 2 rings (SSSR count). The molecule has 118 valence electrons. The average molecular weight is 304 g/mol. The molecule has 0 spiro atoms. The van der Waals surface area contributed by atoms with E-state index >= 15 is 0 Å². The first-order valence-corrected chi connectivity index (χ1v) is 6.93. The molecule has 0 radical (unpaired) electrons. The fourth-order valence-electron chi connectivity index (χ4n) is 2.03. The summed E-state index contributed by atoms with van der Waals surface area (Å²) in [5, 5.41) is 5.70. The molecule has 0 aliphatic rings. The van der Waals surface area contributed by atoms with Gasteiger partial charge in [-0.3, -0.25) is 4.79 Å². The van der Waals surface area contributed by atoms with Gasteiger partial charge in [0.05, 0.1) is 6.61 Å². The molecular formula is C15H20N4O3. The van der Waals surface area contributed by atoms with Crippen molar-refractivity contribution in [2.45, 2.75) is 19.9 Å². The molecule has 1 amide bonds. The molecule has 0 bridgehead atoms. The summed E-state index contributed by atoms with van der Waals surface area (Å²) in [5.74, 6) is 1.52. The van der Waals surface area contributed by atoms with Crippen LogP contribution >= 0.6 is 0 Å². The molecule has 2 aromatic heterocycles. The topological polar surface area (TPSA) is 89.3 Å². The Hall–Kier alpha value is -2.41. The Labute approximate surface area is 129 Å². The predicted octanol–water partition coefficient (Wildman–Crippen LogP) is 1.85. The number of anilines is 1. The Morgan fingerprint density at radius 2 is 2.14 bits per heavy atom. The number of methoxy groups -OCH3 is 1. The lowest BCUT2D eigenvalue weighted by atomic mass is 10.2. The van der Waals surface area contributed by atoms with Crippen LogP contribution in [0.3, 0.4) is 0 Å². The number of hydrogen-bond donors (Lipinski definition) is 2. The van der Waals surface area contributed by atoms with E-state index in [1.807, 2.05) is 26.0 Å². The number of nitrogens with one attached hydrogen (secondary N) is 2. The van der Waals surface area contributed by atoms with Gasteiger partial charge in [0.1, 0.15) is 23.3 Å². The number of carbonyl (C=O) groups is 1. The molecule has 2 N–H and O–H groups in total. The van der Waals surface area contributed by atoms with Crippen molar-refractivity contribution >= 4 is 11.9 Å². The number of aryl methyl sites for hydroxylation is 2. The van der Waals surface area contributed by atoms with Crippen molar-refractivity contribution in [1.29, 1.82) is 0 Å². The molecule has 0 saturated carbocycles. The number of carbonyl (C=O) groups excluding carboxylic acids is 1. The van der Waals surface area contributed by atoms with E-state index in [-0.39, 0.29) is 11.9 Å². The third kappa shape index (κ3) is 3.82. The third-order valence-electron chi connectivity index (χ3n) is 3.05. The summed E-state index contributed by atoms with van der Waals surface area (Å²) in [5.41, 5.74) is 1.00. The van der Waals surface area contributed by atoms with Crippen molar-refractivity contribution in [2.75, 3.05) is 26.1 Å². The molecule has 2 aromatic rings. The smallest absolute Gasteiger partial charge is 0.270 e. The standard InChI is InChI=1S/C15H20N4O3/c1-9-7-11(19-15(16-3)17-9)14(20)18-12(8-21-4)13-6-5-10(2)22-13/h5-7,12H,8H2,1-4H3,(H,18,20)(H,16,17,19)/t12-/m0/s1. The molecule has 1 atom stereocenters. The quantitative estimate of drug-likeness (QED) is 0.846. The Bertz CT molecular complexity index is 654. The minimum atomic E-state index is -0.375. The van der Waals surface area contributed by atoms with Crippen LogP contribution in [0.2, 0.25) is 0 Å². The molecule has 0 unspecified atom stereocenters. The van der Waals surface area contributed by atoms with Crippen molar-refractivity contribution in [2.24, 2.45) is 0 Å². The highest BCUT2D eigenvalue weighted by molar-refractivity contribution is 5.92. The van der Waals surface area contributed by atoms with E-state index in [9.17, 15) is 4.79 Å². The maximum absolute atomic E-state index is 12.4. The van der Waals surface area contributed by atoms with Gasteiger partial charge >= 0.3 is 0 Å². The summed E-state index contributed by atoms with van der Waals surface area (Å²) >= 11 is 0. The van der Waals surface area contributed by atoms with Gasteiger partial charge in [-0.25, -0.2) is 9.97 Å². The summed E-state index contributed by atoms with van der Waals surface area (Å²) in [4.78, 5) is 20.7. The van der Waals surface area contributed by atoms with Crippen LogP contribution in [0.4, 0.5) is 5.95 Å². The Morgan fingerprint density at radius 1 is 1.36 bits per heavy atom. The Morgan fingerprint density at radius 3 is 2.73 bits per heavy atom. The summed E-state index contributed by atoms with van der Waals surface area (Å²) in [6, 6.07) is 4.93. The summed E-state index contributed by atoms with van der Waals surface area (Å²) in [7, 11) is 3.28. The van der Waals surface area contributed by atoms with Crippen molar-refractivity contribution < 1.29 is 13.9 Å². The highest BCUT2D eigenvalue weighted by Crippen LogP contribution is 2.17. The van der Waals surface area contributed by atoms with Crippen molar-refractivity contribution in [3.63, 3.8) is 0 Å². The highest BCUT2D eigenvalue weighted by Gasteiger charge is 2.20. The number of hydrogen-bond acceptors (Lipinski definition) is 6. The minimum absolute atomic E-state index is 0.293. The van der Waals surface area contributed by atoms with Crippen LogP contribution in [0.5, 0.6) is 0 Å². The van der Waals surface area contributed by atoms with Gasteiger partial charge in [-0.1, -0.05) is 0 Å². The zero-order valence-corrected chi connectivity index (χ0v) is 13.1. The molecule has 0 aliphatic heterocycles. The van der Waals surface area contributed by atoms with Gasteiger partial charge in [0.25, 0.3) is 5.91 Å². The fraction of sp³-hybridized carbons (Fsp3) is 0.400. The highest BCUT2D eigenvalue weighted by atomic mass is 16.5. The van der Waals surface area contributed by atoms with E-state index in [1.165, 1.54) is 0 Å². The van der Waals surface area contributed by atoms with E-state index in [0.717, 1.165) is 5.76 Å². The van der Waals surface area contributed by atoms with Crippen molar-refractivity contribution in [3.8, 4) is 0 Å². The van der Waals surface area contributed by atoms with E-state index in [1.54, 1.807) is 20.2 Å². The van der Waals surface area contributed by atoms with E-state index in [2.05, 4.69) is 20.6 Å². The van der Waals surface area contributed by atoms with E-state index in [0.29, 0.717) is 29.7 Å². The number of rotatable bonds is 6. The first-order chi connectivity index (χ1) is 10.5. The first kappa shape index (κ1) is 16.0. The van der Waals surface area contributed by atoms with Crippen LogP contribution < -0.4 is 10.6 Å². The second-order valence-corrected chi connectivity index (χ2v) is 4.90. The van der Waals surface area contributed by atoms with Gasteiger partial charge in [0.2, 0.25) is 5.95 Å². The molecule has 0 saturated heterocycles. The van der Waals surface area contributed by atoms with Gasteiger partial charge in [0, 0.05) is 19.9 Å². The SMILES string of the molecule is CNc1nc(C)cc(C(=O)N[C@@H](COC)c2ccc(C)o2)n1. The zero-order valence-electron chi connectivity index (χ0n) is 13.1. The number of furan rings is 1. The van der Waals surface area contributed by atoms with Gasteiger partial charge < -0.3 is 19.8 Å². The zero-order chi connectivity index (χ0) is 16.1. The monoisotopic (exact) mass is 304 g/mol. The normalized spacial score (nSPS) is 12.0. The van der Waals surface area contributed by atoms with Crippen molar-refractivity contribution in [1.82, 2.24) is 15.3 Å². The lowest BCUT2D eigenvalue weighted by Crippen LogP contribution is -2.32. The van der Waals surface area contributed by atoms with Crippen LogP contribution in [0.1, 0.15) is 33.7 Å². The average Bonchev–Trinajstić information content (AvgIpc) is 2.92. The van der Waals surface area contributed by atoms with Gasteiger partial charge in [-0.15, -0.1) is 0 Å². The lowest BCUT2D eigenvalue weighted by Gasteiger charge is -2.16. The Balaban J connectivity index is 2.19. The summed E-state index contributed by atoms with van der Waals surface area (Å²) < 4.78 is 10.7. The first-order valence-electron chi connectivity index (χ1n) is 6.93. The molecular weight excluding hydrogens is 284 g/mol. The molecule has 0 aromatic carbocycles. The van der Waals surface area contributed by atoms with E-state index in [4.69, 9.17) is 9.15 Å². The van der Waals surface area contributed by atoms with Crippen LogP contribution in [0.25, 0.3) is 0 Å². The van der Waals surface area contributed by atoms with Crippen LogP contribution in [0, 0.1) is 13.8 Å². The van der Waals surface area contributed by atoms with Gasteiger partial charge in [-0.05, 0) is 32.0 Å². The largest absolute Gasteiger partial charge is 0.464 e. The number of amides is 1. The van der Waals surface area contributed by atoms with Gasteiger partial charge in [0.15, 0.2) is 0 Å². The molecule has 2 heterocycles. The summed E-state index contributed by atoms with van der Waals surface area (Å²) in [6.45, 7) is 3.96. The minimum Gasteiger partial charge on any atom is -0.464 e. The maximum atomic E-state index is 12.4. The molecule has 0 aliphatic carbocycles. The maximum Gasteiger partial charge on any atom is 0.270 e. The number of ether oxygens (including phenoxy) is 1. The van der Waals surface area contributed by atoms with Crippen LogP contribution in [0.15, 0.2) is 22.6 Å². The molecule has 7 heteroatoms. The molecule has 22 heavy (non-hydrogen) atoms. The molecule has 0 fully saturated rings. The predicted molar refractivity (Wildman–Crippen MR) is 81.8 cm³/mol. The fourth-order valence-corrected chi connectivity index (χ4v) is 2.03. The molecule has 7 nitrogen and oxygen atoms in total. The lowest BCUT2D eigenvalue weighted by molar-refractivity contribution is 0.0877. The third-order valence-corrected chi connectivity index (χ3v) is 3.05. The van der Waals surface area contributed by atoms with Crippen LogP contribution in [-0.2, 0) is 4.74 Å². The second kappa shape index (κ2) is 7.04. The van der Waals surface area contributed by atoms with E-state index < -0.39 is 0 Å².